The van der Waals surface area contributed by atoms with Crippen LogP contribution in [0.1, 0.15) is 27.2 Å². The monoisotopic (exact) mass is 271 g/mol. The van der Waals surface area contributed by atoms with Gasteiger partial charge in [0.25, 0.3) is 0 Å². The number of Topliss-reactive ketones (excluding diaryl/α,β-unsaturated/α-hetero) is 1. The first-order valence-corrected chi connectivity index (χ1v) is 7.11. The van der Waals surface area contributed by atoms with Crippen molar-refractivity contribution in [1.82, 2.24) is 0 Å². The number of carbonyl (C=O) groups excluding carboxylic acids is 1. The number of methoxy groups -OCH3 is 1. The van der Waals surface area contributed by atoms with Crippen molar-refractivity contribution < 1.29 is 9.53 Å². The van der Waals surface area contributed by atoms with Crippen molar-refractivity contribution in [3.63, 3.8) is 0 Å². The van der Waals surface area contributed by atoms with Crippen molar-refractivity contribution >= 4 is 11.5 Å². The van der Waals surface area contributed by atoms with Crippen LogP contribution in [0.5, 0.6) is 5.75 Å². The lowest BCUT2D eigenvalue weighted by Crippen LogP contribution is -2.12. The van der Waals surface area contributed by atoms with Crippen LogP contribution in [0.2, 0.25) is 0 Å². The molecule has 0 amide bonds. The summed E-state index contributed by atoms with van der Waals surface area (Å²) >= 11 is 0. The SMILES string of the molecule is COc1ccccc1NC(C)=C1C(=O)C[C@H]2[C@H]1C2(C)C. The maximum absolute atomic E-state index is 12.2. The normalized spacial score (nSPS) is 28.9. The van der Waals surface area contributed by atoms with Gasteiger partial charge in [0.15, 0.2) is 5.78 Å². The molecule has 0 spiro atoms. The second-order valence-corrected chi connectivity index (χ2v) is 6.40. The Bertz CT molecular complexity index is 601. The molecule has 2 aliphatic carbocycles. The van der Waals surface area contributed by atoms with E-state index in [2.05, 4.69) is 19.2 Å². The van der Waals surface area contributed by atoms with E-state index in [9.17, 15) is 4.79 Å². The van der Waals surface area contributed by atoms with Crippen LogP contribution in [0.3, 0.4) is 0 Å². The number of carbonyl (C=O) groups is 1. The minimum atomic E-state index is 0.285. The standard InChI is InChI=1S/C17H21NO2/c1-10(18-12-7-5-6-8-14(12)20-4)15-13(19)9-11-16(15)17(11,2)3/h5-8,11,16,18H,9H2,1-4H3/t11-,16+/m0/s1. The van der Waals surface area contributed by atoms with E-state index >= 15 is 0 Å². The van der Waals surface area contributed by atoms with Crippen molar-refractivity contribution in [2.45, 2.75) is 27.2 Å². The van der Waals surface area contributed by atoms with Gasteiger partial charge >= 0.3 is 0 Å². The van der Waals surface area contributed by atoms with Crippen LogP contribution in [0.25, 0.3) is 0 Å². The molecule has 1 N–H and O–H groups in total. The highest BCUT2D eigenvalue weighted by Crippen LogP contribution is 2.68. The van der Waals surface area contributed by atoms with E-state index in [0.29, 0.717) is 24.0 Å². The van der Waals surface area contributed by atoms with Crippen molar-refractivity contribution in [2.75, 3.05) is 12.4 Å². The molecule has 20 heavy (non-hydrogen) atoms. The Morgan fingerprint density at radius 3 is 2.70 bits per heavy atom. The molecule has 2 aliphatic rings. The van der Waals surface area contributed by atoms with Gasteiger partial charge in [-0.2, -0.15) is 0 Å². The molecule has 3 nitrogen and oxygen atoms in total. The lowest BCUT2D eigenvalue weighted by molar-refractivity contribution is -0.115. The van der Waals surface area contributed by atoms with E-state index in [4.69, 9.17) is 4.74 Å². The summed E-state index contributed by atoms with van der Waals surface area (Å²) in [4.78, 5) is 12.2. The molecule has 2 atom stereocenters. The molecular formula is C17H21NO2. The Balaban J connectivity index is 1.91. The Kier molecular flexibility index (Phi) is 2.89. The number of fused-ring (bicyclic) bond motifs is 1. The molecule has 1 aromatic carbocycles. The number of ketones is 1. The fraction of sp³-hybridized carbons (Fsp3) is 0.471. The molecule has 2 saturated carbocycles. The Morgan fingerprint density at radius 2 is 2.05 bits per heavy atom. The second kappa shape index (κ2) is 4.37. The average Bonchev–Trinajstić information content (AvgIpc) is 2.78. The van der Waals surface area contributed by atoms with Gasteiger partial charge in [0.2, 0.25) is 0 Å². The van der Waals surface area contributed by atoms with Gasteiger partial charge in [-0.3, -0.25) is 4.79 Å². The van der Waals surface area contributed by atoms with Crippen LogP contribution in [0.15, 0.2) is 35.5 Å². The largest absolute Gasteiger partial charge is 0.495 e. The number of anilines is 1. The molecular weight excluding hydrogens is 250 g/mol. The number of para-hydroxylation sites is 2. The molecule has 3 rings (SSSR count). The fourth-order valence-corrected chi connectivity index (χ4v) is 3.64. The molecule has 0 radical (unpaired) electrons. The first-order chi connectivity index (χ1) is 9.46. The van der Waals surface area contributed by atoms with Gasteiger partial charge in [0.1, 0.15) is 5.75 Å². The zero-order valence-electron chi connectivity index (χ0n) is 12.5. The van der Waals surface area contributed by atoms with E-state index in [-0.39, 0.29) is 5.41 Å². The molecule has 0 unspecified atom stereocenters. The predicted octanol–water partition coefficient (Wildman–Crippen LogP) is 3.63. The Morgan fingerprint density at radius 1 is 1.35 bits per heavy atom. The first-order valence-electron chi connectivity index (χ1n) is 7.11. The molecule has 0 saturated heterocycles. The van der Waals surface area contributed by atoms with Gasteiger partial charge in [0.05, 0.1) is 12.8 Å². The molecule has 0 heterocycles. The van der Waals surface area contributed by atoms with Gasteiger partial charge in [-0.15, -0.1) is 0 Å². The van der Waals surface area contributed by atoms with Gasteiger partial charge in [-0.1, -0.05) is 26.0 Å². The first kappa shape index (κ1) is 13.2. The minimum absolute atomic E-state index is 0.285. The number of ether oxygens (including phenoxy) is 1. The number of hydrogen-bond donors (Lipinski definition) is 1. The topological polar surface area (TPSA) is 38.3 Å². The quantitative estimate of drug-likeness (QED) is 0.853. The van der Waals surface area contributed by atoms with Crippen LogP contribution >= 0.6 is 0 Å². The number of hydrogen-bond acceptors (Lipinski definition) is 3. The van der Waals surface area contributed by atoms with E-state index in [1.807, 2.05) is 31.2 Å². The molecule has 1 aromatic rings. The lowest BCUT2D eigenvalue weighted by Gasteiger charge is -2.16. The van der Waals surface area contributed by atoms with Crippen LogP contribution in [0.4, 0.5) is 5.69 Å². The summed E-state index contributed by atoms with van der Waals surface area (Å²) in [6, 6.07) is 7.79. The zero-order valence-corrected chi connectivity index (χ0v) is 12.5. The van der Waals surface area contributed by atoms with E-state index in [1.165, 1.54) is 0 Å². The van der Waals surface area contributed by atoms with Crippen molar-refractivity contribution in [3.8, 4) is 5.75 Å². The average molecular weight is 271 g/mol. The summed E-state index contributed by atoms with van der Waals surface area (Å²) in [5.41, 5.74) is 3.16. The number of nitrogens with one attached hydrogen (secondary N) is 1. The second-order valence-electron chi connectivity index (χ2n) is 6.40. The van der Waals surface area contributed by atoms with Gasteiger partial charge in [-0.25, -0.2) is 0 Å². The molecule has 106 valence electrons. The minimum Gasteiger partial charge on any atom is -0.495 e. The summed E-state index contributed by atoms with van der Waals surface area (Å²) in [5.74, 6) is 2.07. The number of allylic oxidation sites excluding steroid dienone is 2. The van der Waals surface area contributed by atoms with E-state index in [0.717, 1.165) is 22.7 Å². The third-order valence-electron chi connectivity index (χ3n) is 4.90. The van der Waals surface area contributed by atoms with Crippen molar-refractivity contribution in [1.29, 1.82) is 0 Å². The van der Waals surface area contributed by atoms with Gasteiger partial charge < -0.3 is 10.1 Å². The Hall–Kier alpha value is -1.77. The van der Waals surface area contributed by atoms with Crippen LogP contribution in [-0.2, 0) is 4.79 Å². The summed E-state index contributed by atoms with van der Waals surface area (Å²) in [7, 11) is 1.66. The highest BCUT2D eigenvalue weighted by molar-refractivity contribution is 6.01. The maximum Gasteiger partial charge on any atom is 0.161 e. The third kappa shape index (κ3) is 1.84. The van der Waals surface area contributed by atoms with Crippen LogP contribution < -0.4 is 10.1 Å². The summed E-state index contributed by atoms with van der Waals surface area (Å²) < 4.78 is 5.34. The third-order valence-corrected chi connectivity index (χ3v) is 4.90. The zero-order chi connectivity index (χ0) is 14.5. The van der Waals surface area contributed by atoms with Crippen LogP contribution in [0, 0.1) is 17.3 Å². The maximum atomic E-state index is 12.2. The molecule has 0 aliphatic heterocycles. The molecule has 2 fully saturated rings. The van der Waals surface area contributed by atoms with Crippen molar-refractivity contribution in [2.24, 2.45) is 17.3 Å². The fourth-order valence-electron chi connectivity index (χ4n) is 3.64. The predicted molar refractivity (Wildman–Crippen MR) is 79.7 cm³/mol. The highest BCUT2D eigenvalue weighted by Gasteiger charge is 2.65. The Labute approximate surface area is 120 Å². The smallest absolute Gasteiger partial charge is 0.161 e. The number of rotatable bonds is 3. The van der Waals surface area contributed by atoms with Crippen molar-refractivity contribution in [3.05, 3.63) is 35.5 Å². The summed E-state index contributed by atoms with van der Waals surface area (Å²) in [6.07, 6.45) is 0.706. The van der Waals surface area contributed by atoms with Crippen LogP contribution in [-0.4, -0.2) is 12.9 Å². The summed E-state index contributed by atoms with van der Waals surface area (Å²) in [5, 5.41) is 3.36. The summed E-state index contributed by atoms with van der Waals surface area (Å²) in [6.45, 7) is 6.51. The van der Waals surface area contributed by atoms with E-state index < -0.39 is 0 Å². The molecule has 0 aromatic heterocycles. The molecule has 3 heteroatoms. The lowest BCUT2D eigenvalue weighted by atomic mass is 9.95. The van der Waals surface area contributed by atoms with Gasteiger partial charge in [-0.05, 0) is 36.3 Å². The van der Waals surface area contributed by atoms with E-state index in [1.54, 1.807) is 7.11 Å². The number of benzene rings is 1. The highest BCUT2D eigenvalue weighted by atomic mass is 16.5. The molecule has 0 bridgehead atoms. The van der Waals surface area contributed by atoms with Gasteiger partial charge in [0, 0.05) is 17.7 Å².